The molecule has 0 fully saturated rings. The predicted octanol–water partition coefficient (Wildman–Crippen LogP) is 2.47. The lowest BCUT2D eigenvalue weighted by molar-refractivity contribution is -0.116. The minimum atomic E-state index is -0.360. The molecule has 35 heavy (non-hydrogen) atoms. The predicted molar refractivity (Wildman–Crippen MR) is 134 cm³/mol. The van der Waals surface area contributed by atoms with E-state index < -0.39 is 0 Å². The molecule has 5 aromatic rings. The first-order valence-electron chi connectivity index (χ1n) is 10.5. The molecule has 0 aliphatic rings. The fourth-order valence-electron chi connectivity index (χ4n) is 3.45. The van der Waals surface area contributed by atoms with Crippen LogP contribution in [0.4, 0.5) is 17.1 Å². The number of hydrogen-bond donors (Lipinski definition) is 3. The van der Waals surface area contributed by atoms with Crippen LogP contribution in [-0.2, 0) is 18.4 Å². The number of amides is 1. The summed E-state index contributed by atoms with van der Waals surface area (Å²) >= 11 is 0. The van der Waals surface area contributed by atoms with E-state index in [-0.39, 0.29) is 18.0 Å². The third kappa shape index (κ3) is 5.16. The normalized spacial score (nSPS) is 10.5. The summed E-state index contributed by atoms with van der Waals surface area (Å²) in [5, 5.41) is 19.0. The zero-order chi connectivity index (χ0) is 24.8. The molecule has 0 spiro atoms. The summed E-state index contributed by atoms with van der Waals surface area (Å²) < 4.78 is 7.75. The van der Waals surface area contributed by atoms with Gasteiger partial charge in [-0.15, -0.1) is 0 Å². The molecule has 5 rings (SSSR count). The molecule has 1 amide bonds. The number of pyridine rings is 2. The molecule has 0 atom stereocenters. The summed E-state index contributed by atoms with van der Waals surface area (Å²) in [7, 11) is 3.53. The topological polar surface area (TPSA) is 144 Å². The lowest BCUT2D eigenvalue weighted by atomic mass is 10.1. The average molecular weight is 473 g/mol. The van der Waals surface area contributed by atoms with Crippen molar-refractivity contribution in [3.8, 4) is 0 Å². The molecule has 4 aromatic heterocycles. The van der Waals surface area contributed by atoms with E-state index in [9.17, 15) is 9.59 Å². The fourth-order valence-corrected chi connectivity index (χ4v) is 3.45. The monoisotopic (exact) mass is 473 g/mol. The fraction of sp³-hybridized carbons (Fsp3) is 0.130. The van der Waals surface area contributed by atoms with Gasteiger partial charge in [-0.1, -0.05) is 17.3 Å². The van der Waals surface area contributed by atoms with E-state index in [0.29, 0.717) is 16.8 Å². The van der Waals surface area contributed by atoms with Gasteiger partial charge in [0.15, 0.2) is 5.65 Å². The summed E-state index contributed by atoms with van der Waals surface area (Å²) in [6.07, 6.45) is 7.73. The van der Waals surface area contributed by atoms with Crippen molar-refractivity contribution in [2.24, 2.45) is 12.1 Å². The second-order valence-corrected chi connectivity index (χ2v) is 7.39. The second-order valence-electron chi connectivity index (χ2n) is 7.39. The Labute approximate surface area is 199 Å². The van der Waals surface area contributed by atoms with E-state index in [1.54, 1.807) is 36.4 Å². The maximum absolute atomic E-state index is 13.2. The number of nitrogens with one attached hydrogen (secondary N) is 3. The van der Waals surface area contributed by atoms with Crippen LogP contribution in [0.5, 0.6) is 0 Å². The van der Waals surface area contributed by atoms with E-state index >= 15 is 0 Å². The molecule has 0 saturated heterocycles. The minimum Gasteiger partial charge on any atom is -0.363 e. The van der Waals surface area contributed by atoms with Crippen molar-refractivity contribution in [1.82, 2.24) is 29.9 Å². The van der Waals surface area contributed by atoms with Gasteiger partial charge in [0.2, 0.25) is 5.91 Å². The van der Waals surface area contributed by atoms with Gasteiger partial charge in [0, 0.05) is 32.4 Å². The van der Waals surface area contributed by atoms with Crippen LogP contribution in [-0.4, -0.2) is 44.2 Å². The van der Waals surface area contributed by atoms with Crippen molar-refractivity contribution in [3.63, 3.8) is 0 Å². The van der Waals surface area contributed by atoms with Gasteiger partial charge in [0.1, 0.15) is 18.5 Å². The van der Waals surface area contributed by atoms with Gasteiger partial charge in [-0.05, 0) is 23.6 Å². The van der Waals surface area contributed by atoms with Gasteiger partial charge in [0.25, 0.3) is 5.56 Å². The quantitative estimate of drug-likeness (QED) is 0.252. The summed E-state index contributed by atoms with van der Waals surface area (Å²) in [5.41, 5.74) is 4.72. The van der Waals surface area contributed by atoms with Crippen molar-refractivity contribution in [3.05, 3.63) is 71.7 Å². The number of aromatic nitrogens is 5. The van der Waals surface area contributed by atoms with Gasteiger partial charge in [-0.2, -0.15) is 10.2 Å². The highest BCUT2D eigenvalue weighted by molar-refractivity contribution is 5.96. The highest BCUT2D eigenvalue weighted by Crippen LogP contribution is 2.25. The molecule has 0 radical (unpaired) electrons. The number of fused-ring (bicyclic) bond motifs is 2. The minimum absolute atomic E-state index is 0.141. The van der Waals surface area contributed by atoms with Crippen LogP contribution in [0.15, 0.2) is 75.8 Å². The van der Waals surface area contributed by atoms with Crippen LogP contribution in [0.3, 0.4) is 0 Å². The number of anilines is 3. The Bertz CT molecular complexity index is 1540. The smallest absolute Gasteiger partial charge is 0.261 e. The van der Waals surface area contributed by atoms with Crippen molar-refractivity contribution in [2.45, 2.75) is 6.54 Å². The Balaban J connectivity index is 0.000000672. The number of carbonyl (C=O) groups is 1. The molecule has 3 N–H and O–H groups in total. The average Bonchev–Trinajstić information content (AvgIpc) is 3.50. The van der Waals surface area contributed by atoms with E-state index in [0.717, 1.165) is 22.1 Å². The number of benzene rings is 1. The number of aryl methyl sites for hydroxylation is 1. The van der Waals surface area contributed by atoms with E-state index in [1.165, 1.54) is 17.0 Å². The van der Waals surface area contributed by atoms with Crippen molar-refractivity contribution in [2.75, 3.05) is 17.7 Å². The molecule has 0 saturated carbocycles. The number of hydrazone groups is 1. The summed E-state index contributed by atoms with van der Waals surface area (Å²) in [4.78, 5) is 29.9. The largest absolute Gasteiger partial charge is 0.363 e. The number of rotatable bonds is 6. The van der Waals surface area contributed by atoms with Gasteiger partial charge in [-0.3, -0.25) is 14.3 Å². The molecular formula is C23H23N9O3. The van der Waals surface area contributed by atoms with Crippen molar-refractivity contribution >= 4 is 51.5 Å². The third-order valence-electron chi connectivity index (χ3n) is 5.04. The van der Waals surface area contributed by atoms with Crippen LogP contribution < -0.4 is 21.6 Å². The molecular weight excluding hydrogens is 450 g/mol. The highest BCUT2D eigenvalue weighted by Gasteiger charge is 2.12. The van der Waals surface area contributed by atoms with Gasteiger partial charge < -0.3 is 25.1 Å². The van der Waals surface area contributed by atoms with Crippen LogP contribution >= 0.6 is 0 Å². The number of nitrogens with zero attached hydrogens (tertiary/aromatic N) is 6. The molecule has 0 aliphatic heterocycles. The molecule has 12 heteroatoms. The van der Waals surface area contributed by atoms with Gasteiger partial charge in [-0.25, -0.2) is 4.98 Å². The summed E-state index contributed by atoms with van der Waals surface area (Å²) in [6, 6.07) is 9.26. The first-order valence-corrected chi connectivity index (χ1v) is 10.5. The first-order chi connectivity index (χ1) is 17.0. The van der Waals surface area contributed by atoms with Crippen molar-refractivity contribution < 1.29 is 9.32 Å². The maximum atomic E-state index is 13.2. The number of hydrogen-bond acceptors (Lipinski definition) is 9. The summed E-state index contributed by atoms with van der Waals surface area (Å²) in [5.74, 6) is -0.360. The molecule has 0 bridgehead atoms. The third-order valence-corrected chi connectivity index (χ3v) is 5.04. The van der Waals surface area contributed by atoms with Gasteiger partial charge in [0.05, 0.1) is 35.4 Å². The molecule has 12 nitrogen and oxygen atoms in total. The molecule has 0 aliphatic carbocycles. The molecule has 178 valence electrons. The van der Waals surface area contributed by atoms with E-state index in [2.05, 4.69) is 43.1 Å². The second kappa shape index (κ2) is 10.3. The number of carbonyl (C=O) groups excluding carboxylic acids is 1. The lowest BCUT2D eigenvalue weighted by Crippen LogP contribution is -2.27. The summed E-state index contributed by atoms with van der Waals surface area (Å²) in [6.45, 7) is 2.98. The van der Waals surface area contributed by atoms with Crippen molar-refractivity contribution in [1.29, 1.82) is 0 Å². The standard InChI is InChI=1S/C21H17N7O3.C2H6N2/c1-27-20-14(8-23-27)7-15(9-22-20)25-17-4-2-3-13-5-6-28(21(30)19(13)17)11-18(29)26-16-10-24-31-12-16;1-3-4-2/h2-10,12,25H,11H2,1H3,(H,26,29);4H,1H2,2H3. The first kappa shape index (κ1) is 23.2. The molecule has 0 unspecified atom stereocenters. The maximum Gasteiger partial charge on any atom is 0.261 e. The Morgan fingerprint density at radius 2 is 2.00 bits per heavy atom. The van der Waals surface area contributed by atoms with Crippen LogP contribution in [0.1, 0.15) is 0 Å². The highest BCUT2D eigenvalue weighted by atomic mass is 16.5. The van der Waals surface area contributed by atoms with Crippen LogP contribution in [0, 0.1) is 0 Å². The van der Waals surface area contributed by atoms with E-state index in [1.807, 2.05) is 31.3 Å². The van der Waals surface area contributed by atoms with Crippen LogP contribution in [0.25, 0.3) is 21.8 Å². The Morgan fingerprint density at radius 3 is 2.74 bits per heavy atom. The Hall–Kier alpha value is -5.00. The lowest BCUT2D eigenvalue weighted by Gasteiger charge is -2.12. The van der Waals surface area contributed by atoms with E-state index in [4.69, 9.17) is 4.52 Å². The molecule has 1 aromatic carbocycles. The molecule has 4 heterocycles. The zero-order valence-electron chi connectivity index (χ0n) is 19.1. The Kier molecular flexibility index (Phi) is 6.81. The van der Waals surface area contributed by atoms with Gasteiger partial charge >= 0.3 is 0 Å². The Morgan fingerprint density at radius 1 is 1.17 bits per heavy atom. The SMILES string of the molecule is C=NNC.Cn1ncc2cc(Nc3cccc4ccn(CC(=O)Nc5cnoc5)c(=O)c34)cnc21. The zero-order valence-corrected chi connectivity index (χ0v) is 19.1. The van der Waals surface area contributed by atoms with Crippen LogP contribution in [0.2, 0.25) is 0 Å².